The van der Waals surface area contributed by atoms with Crippen molar-refractivity contribution in [3.05, 3.63) is 118 Å². The third kappa shape index (κ3) is 7.67. The molecule has 0 spiro atoms. The number of thiol groups is 1. The third-order valence-corrected chi connectivity index (χ3v) is 5.31. The molecule has 0 N–H and O–H groups in total. The first-order valence-electron chi connectivity index (χ1n) is 9.06. The molecule has 0 radical (unpaired) electrons. The molecule has 0 amide bonds. The molecule has 33 heavy (non-hydrogen) atoms. The van der Waals surface area contributed by atoms with Crippen LogP contribution in [0.4, 0.5) is 11.4 Å². The molecule has 0 unspecified atom stereocenters. The number of para-hydroxylation sites is 1. The third-order valence-electron chi connectivity index (χ3n) is 3.97. The van der Waals surface area contributed by atoms with E-state index in [0.717, 1.165) is 6.07 Å². The Morgan fingerprint density at radius 1 is 0.788 bits per heavy atom. The van der Waals surface area contributed by atoms with Crippen LogP contribution < -0.4 is 0 Å². The fraction of sp³-hybridized carbons (Fsp3) is 0. The van der Waals surface area contributed by atoms with E-state index in [9.17, 15) is 18.5 Å². The summed E-state index contributed by atoms with van der Waals surface area (Å²) in [4.78, 5) is 17.9. The van der Waals surface area contributed by atoms with Crippen LogP contribution in [0.2, 0.25) is 0 Å². The second-order valence-corrected chi connectivity index (χ2v) is 7.62. The van der Waals surface area contributed by atoms with Gasteiger partial charge in [-0.3, -0.25) is 20.1 Å². The maximum atomic E-state index is 12.6. The van der Waals surface area contributed by atoms with Gasteiger partial charge < -0.3 is 18.2 Å². The Kier molecular flexibility index (Phi) is 11.2. The van der Waals surface area contributed by atoms with E-state index in [1.54, 1.807) is 55.0 Å². The van der Waals surface area contributed by atoms with E-state index in [0.29, 0.717) is 11.3 Å². The minimum absolute atomic E-state index is 0. The number of rotatable bonds is 5. The molecule has 2 aromatic carbocycles. The van der Waals surface area contributed by atoms with Crippen LogP contribution in [0.15, 0.2) is 108 Å². The summed E-state index contributed by atoms with van der Waals surface area (Å²) in [5, 5.41) is 11.1. The van der Waals surface area contributed by atoms with Crippen molar-refractivity contribution in [2.24, 2.45) is 0 Å². The summed E-state index contributed by atoms with van der Waals surface area (Å²) < 4.78 is 29.0. The minimum Gasteiger partial charge on any atom is -0.813 e. The molecule has 2 aromatic heterocycles. The Labute approximate surface area is 208 Å². The molecule has 0 saturated heterocycles. The Bertz CT molecular complexity index is 1230. The Hall–Kier alpha value is -3.27. The first kappa shape index (κ1) is 27.8. The van der Waals surface area contributed by atoms with E-state index >= 15 is 0 Å². The molecule has 0 atom stereocenters. The molecule has 0 aliphatic carbocycles. The fourth-order valence-corrected chi connectivity index (χ4v) is 3.78. The Balaban J connectivity index is 0.000000594. The van der Waals surface area contributed by atoms with Gasteiger partial charge in [0.05, 0.1) is 10.6 Å². The maximum Gasteiger partial charge on any atom is 2.00 e. The van der Waals surface area contributed by atoms with E-state index in [2.05, 4.69) is 14.7 Å². The number of hydrogen-bond donors (Lipinski definition) is 0. The molecule has 0 saturated carbocycles. The number of hydrogen-bond acceptors (Lipinski definition) is 7. The largest absolute Gasteiger partial charge is 2.00 e. The van der Waals surface area contributed by atoms with Crippen molar-refractivity contribution >= 4 is 34.9 Å². The molecule has 11 heteroatoms. The normalized spacial score (nSPS) is 9.82. The van der Waals surface area contributed by atoms with Gasteiger partial charge in [0.15, 0.2) is 0 Å². The standard InChI is InChI=1S/C17H12N3O4S.C5H5N.Ni.H2S/c21-20(22)16-10-3-4-11-17(16)25(23,24)19-15-9-2-1-7-13(15)14-8-5-6-12-18-14;1-2-4-6-5-3-1;;/h1-12H;1-5H;;1H2/q-1;;+2;/p-1. The van der Waals surface area contributed by atoms with Crippen LogP contribution in [-0.2, 0) is 40.0 Å². The summed E-state index contributed by atoms with van der Waals surface area (Å²) in [6.45, 7) is 0. The van der Waals surface area contributed by atoms with Crippen molar-refractivity contribution in [3.8, 4) is 11.3 Å². The summed E-state index contributed by atoms with van der Waals surface area (Å²) in [6, 6.07) is 22.7. The summed E-state index contributed by atoms with van der Waals surface area (Å²) in [5.74, 6) is 0. The summed E-state index contributed by atoms with van der Waals surface area (Å²) >= 11 is 0. The van der Waals surface area contributed by atoms with Crippen molar-refractivity contribution < 1.29 is 29.8 Å². The summed E-state index contributed by atoms with van der Waals surface area (Å²) in [6.07, 6.45) is 5.09. The van der Waals surface area contributed by atoms with Crippen LogP contribution in [0, 0.1) is 10.1 Å². The zero-order valence-corrected chi connectivity index (χ0v) is 19.6. The first-order chi connectivity index (χ1) is 15.0. The van der Waals surface area contributed by atoms with Crippen molar-refractivity contribution in [2.75, 3.05) is 0 Å². The van der Waals surface area contributed by atoms with Crippen LogP contribution in [0.5, 0.6) is 0 Å². The number of benzene rings is 2. The molecular formula is C22H18N4NiO4S2. The molecule has 4 rings (SSSR count). The van der Waals surface area contributed by atoms with Crippen molar-refractivity contribution in [2.45, 2.75) is 4.90 Å². The van der Waals surface area contributed by atoms with E-state index in [-0.39, 0.29) is 35.7 Å². The smallest absolute Gasteiger partial charge is 0.813 e. The molecule has 2 heterocycles. The molecule has 0 aliphatic rings. The van der Waals surface area contributed by atoms with Gasteiger partial charge in [0.2, 0.25) is 0 Å². The summed E-state index contributed by atoms with van der Waals surface area (Å²) in [7, 11) is -4.26. The summed E-state index contributed by atoms with van der Waals surface area (Å²) in [5.41, 5.74) is 0.728. The van der Waals surface area contributed by atoms with E-state index < -0.39 is 25.5 Å². The van der Waals surface area contributed by atoms with Gasteiger partial charge in [0.1, 0.15) is 14.9 Å². The van der Waals surface area contributed by atoms with Crippen LogP contribution >= 0.6 is 0 Å². The van der Waals surface area contributed by atoms with Gasteiger partial charge in [0.25, 0.3) is 5.69 Å². The molecule has 8 nitrogen and oxygen atoms in total. The molecule has 4 aromatic rings. The molecule has 172 valence electrons. The van der Waals surface area contributed by atoms with Crippen LogP contribution in [-0.4, -0.2) is 23.3 Å². The Morgan fingerprint density at radius 2 is 1.39 bits per heavy atom. The average Bonchev–Trinajstić information content (AvgIpc) is 2.81. The molecular weight excluding hydrogens is 507 g/mol. The van der Waals surface area contributed by atoms with Crippen LogP contribution in [0.1, 0.15) is 0 Å². The zero-order valence-electron chi connectivity index (χ0n) is 16.9. The van der Waals surface area contributed by atoms with Gasteiger partial charge in [-0.1, -0.05) is 48.5 Å². The zero-order chi connectivity index (χ0) is 22.1. The first-order valence-corrected chi connectivity index (χ1v) is 10.5. The molecule has 0 bridgehead atoms. The average molecular weight is 525 g/mol. The molecule has 0 fully saturated rings. The predicted molar refractivity (Wildman–Crippen MR) is 126 cm³/mol. The van der Waals surface area contributed by atoms with Gasteiger partial charge in [-0.05, 0) is 35.9 Å². The van der Waals surface area contributed by atoms with Gasteiger partial charge in [-0.15, -0.1) is 5.69 Å². The maximum absolute atomic E-state index is 12.6. The quantitative estimate of drug-likeness (QED) is 0.120. The number of sulfonamides is 1. The SMILES string of the molecule is O=[N+]([O-])c1ccccc1S(=O)(=O)[N-]c1ccccc1-c1ccccn1.[Ni+2].[SH-].c1ccncc1. The second-order valence-electron chi connectivity index (χ2n) is 6.05. The van der Waals surface area contributed by atoms with Crippen molar-refractivity contribution in [1.29, 1.82) is 0 Å². The molecule has 0 aliphatic heterocycles. The number of nitro benzene ring substituents is 1. The predicted octanol–water partition coefficient (Wildman–Crippen LogP) is 4.86. The van der Waals surface area contributed by atoms with Crippen LogP contribution in [0.25, 0.3) is 16.0 Å². The van der Waals surface area contributed by atoms with Crippen molar-refractivity contribution in [3.63, 3.8) is 0 Å². The van der Waals surface area contributed by atoms with E-state index in [1.807, 2.05) is 18.2 Å². The van der Waals surface area contributed by atoms with Gasteiger partial charge >= 0.3 is 16.5 Å². The number of nitrogens with zero attached hydrogens (tertiary/aromatic N) is 4. The van der Waals surface area contributed by atoms with Crippen molar-refractivity contribution in [1.82, 2.24) is 9.97 Å². The van der Waals surface area contributed by atoms with Gasteiger partial charge in [-0.2, -0.15) is 0 Å². The van der Waals surface area contributed by atoms with Crippen LogP contribution in [0.3, 0.4) is 0 Å². The van der Waals surface area contributed by atoms with Gasteiger partial charge in [-0.25, -0.2) is 8.42 Å². The second kappa shape index (κ2) is 13.3. The monoisotopic (exact) mass is 524 g/mol. The van der Waals surface area contributed by atoms with E-state index in [1.165, 1.54) is 24.3 Å². The minimum atomic E-state index is -4.26. The van der Waals surface area contributed by atoms with Gasteiger partial charge in [0, 0.05) is 24.7 Å². The van der Waals surface area contributed by atoms with E-state index in [4.69, 9.17) is 0 Å². The number of nitro groups is 1. The number of aromatic nitrogens is 2. The Morgan fingerprint density at radius 3 is 1.97 bits per heavy atom. The fourth-order valence-electron chi connectivity index (χ4n) is 2.61. The number of pyridine rings is 2. The topological polar surface area (TPSA) is 117 Å².